The van der Waals surface area contributed by atoms with Crippen LogP contribution in [0.5, 0.6) is 0 Å². The van der Waals surface area contributed by atoms with Gasteiger partial charge in [-0.3, -0.25) is 9.59 Å². The van der Waals surface area contributed by atoms with Crippen molar-refractivity contribution in [3.8, 4) is 0 Å². The highest BCUT2D eigenvalue weighted by atomic mass is 32.2. The number of rotatable bonds is 4. The average Bonchev–Trinajstić information content (AvgIpc) is 2.77. The van der Waals surface area contributed by atoms with E-state index in [4.69, 9.17) is 0 Å². The zero-order valence-electron chi connectivity index (χ0n) is 11.7. The minimum Gasteiger partial charge on any atom is -0.272 e. The van der Waals surface area contributed by atoms with Gasteiger partial charge in [-0.25, -0.2) is 13.1 Å². The molecular formula is C13H15N3O4S. The molecule has 1 aromatic carbocycles. The number of hydrazone groups is 1. The summed E-state index contributed by atoms with van der Waals surface area (Å²) < 4.78 is 26.6. The first-order chi connectivity index (χ1) is 9.86. The number of carbonyl (C=O) groups excluding carboxylic acids is 2. The monoisotopic (exact) mass is 309 g/mol. The number of nitrogens with zero attached hydrogens (tertiary/aromatic N) is 2. The summed E-state index contributed by atoms with van der Waals surface area (Å²) in [5.41, 5.74) is 0.436. The van der Waals surface area contributed by atoms with Crippen LogP contribution in [-0.4, -0.2) is 37.5 Å². The molecule has 1 heterocycles. The molecule has 0 aromatic heterocycles. The quantitative estimate of drug-likeness (QED) is 0.829. The van der Waals surface area contributed by atoms with Crippen molar-refractivity contribution < 1.29 is 18.0 Å². The third-order valence-electron chi connectivity index (χ3n) is 2.85. The molecule has 0 unspecified atom stereocenters. The Morgan fingerprint density at radius 3 is 2.62 bits per heavy atom. The SMILES string of the molecule is CCNS(=O)(=O)c1ccccc1C(=O)N1N=C(C)CC1=O. The fraction of sp³-hybridized carbons (Fsp3) is 0.308. The molecule has 1 aliphatic rings. The van der Waals surface area contributed by atoms with Gasteiger partial charge in [0.1, 0.15) is 0 Å². The molecule has 1 aliphatic heterocycles. The molecule has 2 amide bonds. The van der Waals surface area contributed by atoms with Crippen LogP contribution in [0.3, 0.4) is 0 Å². The fourth-order valence-electron chi connectivity index (χ4n) is 1.97. The van der Waals surface area contributed by atoms with Crippen LogP contribution in [0, 0.1) is 0 Å². The van der Waals surface area contributed by atoms with Gasteiger partial charge in [-0.15, -0.1) is 0 Å². The van der Waals surface area contributed by atoms with E-state index in [0.717, 1.165) is 5.01 Å². The van der Waals surface area contributed by atoms with Crippen molar-refractivity contribution in [2.45, 2.75) is 25.2 Å². The zero-order chi connectivity index (χ0) is 15.6. The number of hydrogen-bond acceptors (Lipinski definition) is 5. The molecule has 112 valence electrons. The van der Waals surface area contributed by atoms with Gasteiger partial charge < -0.3 is 0 Å². The maximum Gasteiger partial charge on any atom is 0.282 e. The molecular weight excluding hydrogens is 294 g/mol. The summed E-state index contributed by atoms with van der Waals surface area (Å²) in [6.45, 7) is 3.47. The molecule has 7 nitrogen and oxygen atoms in total. The number of benzene rings is 1. The molecule has 2 rings (SSSR count). The third-order valence-corrected chi connectivity index (χ3v) is 4.45. The summed E-state index contributed by atoms with van der Waals surface area (Å²) in [6, 6.07) is 5.74. The Kier molecular flexibility index (Phi) is 4.19. The Morgan fingerprint density at radius 1 is 1.38 bits per heavy atom. The van der Waals surface area contributed by atoms with Crippen LogP contribution < -0.4 is 4.72 Å². The standard InChI is InChI=1S/C13H15N3O4S/c1-3-14-21(19,20)11-7-5-4-6-10(11)13(18)16-12(17)8-9(2)15-16/h4-7,14H,3,8H2,1-2H3. The maximum atomic E-state index is 12.4. The van der Waals surface area contributed by atoms with Crippen LogP contribution in [-0.2, 0) is 14.8 Å². The Bertz CT molecular complexity index is 725. The van der Waals surface area contributed by atoms with E-state index in [1.807, 2.05) is 0 Å². The lowest BCUT2D eigenvalue weighted by atomic mass is 10.2. The third kappa shape index (κ3) is 3.01. The maximum absolute atomic E-state index is 12.4. The number of amides is 2. The van der Waals surface area contributed by atoms with Crippen LogP contribution in [0.25, 0.3) is 0 Å². The summed E-state index contributed by atoms with van der Waals surface area (Å²) in [5.74, 6) is -1.21. The number of carbonyl (C=O) groups is 2. The number of hydrogen-bond donors (Lipinski definition) is 1. The van der Waals surface area contributed by atoms with E-state index in [1.165, 1.54) is 24.3 Å². The number of imide groups is 1. The van der Waals surface area contributed by atoms with Crippen molar-refractivity contribution in [2.75, 3.05) is 6.54 Å². The average molecular weight is 309 g/mol. The highest BCUT2D eigenvalue weighted by Gasteiger charge is 2.31. The highest BCUT2D eigenvalue weighted by molar-refractivity contribution is 7.89. The second-order valence-electron chi connectivity index (χ2n) is 4.52. The highest BCUT2D eigenvalue weighted by Crippen LogP contribution is 2.20. The molecule has 0 spiro atoms. The first-order valence-electron chi connectivity index (χ1n) is 6.37. The van der Waals surface area contributed by atoms with E-state index in [1.54, 1.807) is 13.8 Å². The Morgan fingerprint density at radius 2 is 2.05 bits per heavy atom. The zero-order valence-corrected chi connectivity index (χ0v) is 12.5. The van der Waals surface area contributed by atoms with Crippen molar-refractivity contribution in [1.29, 1.82) is 0 Å². The van der Waals surface area contributed by atoms with Crippen LogP contribution in [0.4, 0.5) is 0 Å². The van der Waals surface area contributed by atoms with Crippen molar-refractivity contribution in [3.05, 3.63) is 29.8 Å². The lowest BCUT2D eigenvalue weighted by Gasteiger charge is -2.13. The number of nitrogens with one attached hydrogen (secondary N) is 1. The van der Waals surface area contributed by atoms with E-state index >= 15 is 0 Å². The largest absolute Gasteiger partial charge is 0.282 e. The normalized spacial score (nSPS) is 15.2. The van der Waals surface area contributed by atoms with Crippen LogP contribution in [0.1, 0.15) is 30.6 Å². The molecule has 0 bridgehead atoms. The van der Waals surface area contributed by atoms with Crippen molar-refractivity contribution in [1.82, 2.24) is 9.73 Å². The summed E-state index contributed by atoms with van der Waals surface area (Å²) in [7, 11) is -3.80. The first-order valence-corrected chi connectivity index (χ1v) is 7.85. The Labute approximate surface area is 122 Å². The van der Waals surface area contributed by atoms with Crippen molar-refractivity contribution in [2.24, 2.45) is 5.10 Å². The summed E-state index contributed by atoms with van der Waals surface area (Å²) in [5, 5.41) is 4.57. The smallest absolute Gasteiger partial charge is 0.272 e. The number of sulfonamides is 1. The van der Waals surface area contributed by atoms with Gasteiger partial charge in [0.25, 0.3) is 11.8 Å². The predicted molar refractivity (Wildman–Crippen MR) is 76.2 cm³/mol. The molecule has 1 aromatic rings. The van der Waals surface area contributed by atoms with E-state index in [9.17, 15) is 18.0 Å². The lowest BCUT2D eigenvalue weighted by Crippen LogP contribution is -2.31. The Balaban J connectivity index is 2.46. The van der Waals surface area contributed by atoms with E-state index in [-0.39, 0.29) is 23.4 Å². The minimum absolute atomic E-state index is 0.0634. The summed E-state index contributed by atoms with van der Waals surface area (Å²) >= 11 is 0. The second-order valence-corrected chi connectivity index (χ2v) is 6.26. The van der Waals surface area contributed by atoms with Crippen molar-refractivity contribution >= 4 is 27.5 Å². The van der Waals surface area contributed by atoms with Gasteiger partial charge in [0.15, 0.2) is 0 Å². The second kappa shape index (κ2) is 5.74. The van der Waals surface area contributed by atoms with Crippen LogP contribution in [0.15, 0.2) is 34.3 Å². The first kappa shape index (κ1) is 15.3. The van der Waals surface area contributed by atoms with E-state index in [0.29, 0.717) is 5.71 Å². The topological polar surface area (TPSA) is 95.9 Å². The molecule has 0 fully saturated rings. The van der Waals surface area contributed by atoms with E-state index < -0.39 is 21.8 Å². The van der Waals surface area contributed by atoms with Gasteiger partial charge in [-0.2, -0.15) is 10.1 Å². The van der Waals surface area contributed by atoms with Crippen molar-refractivity contribution in [3.63, 3.8) is 0 Å². The fourth-order valence-corrected chi connectivity index (χ4v) is 3.21. The van der Waals surface area contributed by atoms with Gasteiger partial charge in [-0.05, 0) is 19.1 Å². The predicted octanol–water partition coefficient (Wildman–Crippen LogP) is 0.733. The van der Waals surface area contributed by atoms with Gasteiger partial charge in [0, 0.05) is 12.3 Å². The lowest BCUT2D eigenvalue weighted by molar-refractivity contribution is -0.126. The van der Waals surface area contributed by atoms with Crippen LogP contribution >= 0.6 is 0 Å². The molecule has 0 atom stereocenters. The van der Waals surface area contributed by atoms with Gasteiger partial charge in [0.05, 0.1) is 16.9 Å². The molecule has 1 N–H and O–H groups in total. The Hall–Kier alpha value is -2.06. The molecule has 8 heteroatoms. The molecule has 0 radical (unpaired) electrons. The molecule has 21 heavy (non-hydrogen) atoms. The van der Waals surface area contributed by atoms with Gasteiger partial charge in [-0.1, -0.05) is 19.1 Å². The van der Waals surface area contributed by atoms with Crippen LogP contribution in [0.2, 0.25) is 0 Å². The molecule has 0 aliphatic carbocycles. The minimum atomic E-state index is -3.80. The summed E-state index contributed by atoms with van der Waals surface area (Å²) in [6.07, 6.45) is 0.0634. The van der Waals surface area contributed by atoms with Gasteiger partial charge in [0.2, 0.25) is 10.0 Å². The van der Waals surface area contributed by atoms with E-state index in [2.05, 4.69) is 9.82 Å². The molecule has 0 saturated heterocycles. The van der Waals surface area contributed by atoms with Gasteiger partial charge >= 0.3 is 0 Å². The summed E-state index contributed by atoms with van der Waals surface area (Å²) in [4.78, 5) is 23.9. The molecule has 0 saturated carbocycles.